The number of fused-ring (bicyclic) bond motifs is 1. The molecule has 1 saturated heterocycles. The fourth-order valence-electron chi connectivity index (χ4n) is 3.11. The number of thioether (sulfide) groups is 2. The van der Waals surface area contributed by atoms with Crippen LogP contribution in [-0.2, 0) is 25.2 Å². The molecule has 9 nitrogen and oxygen atoms in total. The van der Waals surface area contributed by atoms with Gasteiger partial charge in [-0.2, -0.15) is 0 Å². The number of aromatic nitrogens is 2. The Morgan fingerprint density at radius 2 is 2.23 bits per heavy atom. The van der Waals surface area contributed by atoms with Gasteiger partial charge in [-0.3, -0.25) is 23.7 Å². The predicted molar refractivity (Wildman–Crippen MR) is 118 cm³/mol. The van der Waals surface area contributed by atoms with Crippen LogP contribution < -0.4 is 5.32 Å². The van der Waals surface area contributed by atoms with Gasteiger partial charge < -0.3 is 10.4 Å². The molecular weight excluding hydrogens is 480 g/mol. The summed E-state index contributed by atoms with van der Waals surface area (Å²) in [5.41, 5.74) is 0.569. The summed E-state index contributed by atoms with van der Waals surface area (Å²) in [6.45, 7) is 0. The number of carbonyl (C=O) groups is 3. The first-order valence-corrected chi connectivity index (χ1v) is 13.2. The Hall–Kier alpha value is -2.22. The normalized spacial score (nSPS) is 21.3. The highest BCUT2D eigenvalue weighted by Crippen LogP contribution is 2.41. The molecular formula is C18H16N4O5S4. The lowest BCUT2D eigenvalue weighted by atomic mass is 10.0. The minimum atomic E-state index is -1.48. The zero-order valence-corrected chi connectivity index (χ0v) is 19.1. The summed E-state index contributed by atoms with van der Waals surface area (Å²) in [5.74, 6) is -1.64. The molecule has 0 bridgehead atoms. The quantitative estimate of drug-likeness (QED) is 0.409. The van der Waals surface area contributed by atoms with Crippen molar-refractivity contribution < 1.29 is 23.7 Å². The van der Waals surface area contributed by atoms with Crippen LogP contribution in [0, 0.1) is 0 Å². The molecule has 31 heavy (non-hydrogen) atoms. The number of hydrogen-bond acceptors (Lipinski definition) is 9. The van der Waals surface area contributed by atoms with Gasteiger partial charge in [0.1, 0.15) is 27.9 Å². The first-order valence-electron chi connectivity index (χ1n) is 8.95. The largest absolute Gasteiger partial charge is 0.477 e. The molecule has 2 amide bonds. The number of thiophene rings is 1. The Morgan fingerprint density at radius 1 is 1.39 bits per heavy atom. The van der Waals surface area contributed by atoms with Crippen LogP contribution in [0.15, 0.2) is 56.6 Å². The molecule has 2 aromatic rings. The summed E-state index contributed by atoms with van der Waals surface area (Å²) in [6, 6.07) is 2.61. The molecule has 162 valence electrons. The highest BCUT2D eigenvalue weighted by atomic mass is 32.2. The number of nitrogens with one attached hydrogen (secondary N) is 1. The summed E-state index contributed by atoms with van der Waals surface area (Å²) in [7, 11) is -1.48. The topological polar surface area (TPSA) is 130 Å². The molecule has 1 fully saturated rings. The van der Waals surface area contributed by atoms with Gasteiger partial charge in [-0.15, -0.1) is 34.9 Å². The van der Waals surface area contributed by atoms with Gasteiger partial charge in [0, 0.05) is 23.9 Å². The number of carbonyl (C=O) groups excluding carboxylic acids is 2. The standard InChI is InChI=1S/C18H16N4O5S4/c23-11(9-31(27)13-2-1-5-28-13)21-14-16(24)22-15(18(25)26)10(8-30-17(14)22)7-29-12-6-19-3-4-20-12/h1-6,14,17H,7-9H2,(H,21,23)(H,25,26)/t14?,17-,31?/m1/s1. The third-order valence-electron chi connectivity index (χ3n) is 4.48. The Morgan fingerprint density at radius 3 is 2.90 bits per heavy atom. The summed E-state index contributed by atoms with van der Waals surface area (Å²) >= 11 is 4.03. The monoisotopic (exact) mass is 496 g/mol. The third-order valence-corrected chi connectivity index (χ3v) is 9.44. The molecule has 0 saturated carbocycles. The lowest BCUT2D eigenvalue weighted by Gasteiger charge is -2.49. The minimum Gasteiger partial charge on any atom is -0.477 e. The van der Waals surface area contributed by atoms with Crippen LogP contribution in [0.2, 0.25) is 0 Å². The first kappa shape index (κ1) is 22.0. The Bertz CT molecular complexity index is 1060. The first-order chi connectivity index (χ1) is 15.0. The summed E-state index contributed by atoms with van der Waals surface area (Å²) in [4.78, 5) is 46.2. The van der Waals surface area contributed by atoms with Gasteiger partial charge in [0.15, 0.2) is 0 Å². The maximum atomic E-state index is 12.7. The average molecular weight is 497 g/mol. The van der Waals surface area contributed by atoms with Gasteiger partial charge in [0.2, 0.25) is 5.91 Å². The lowest BCUT2D eigenvalue weighted by Crippen LogP contribution is -2.70. The molecule has 0 radical (unpaired) electrons. The molecule has 2 aliphatic heterocycles. The van der Waals surface area contributed by atoms with E-state index in [0.717, 1.165) is 0 Å². The van der Waals surface area contributed by atoms with Crippen LogP contribution in [0.3, 0.4) is 0 Å². The van der Waals surface area contributed by atoms with Crippen LogP contribution in [0.1, 0.15) is 0 Å². The van der Waals surface area contributed by atoms with Gasteiger partial charge in [0.05, 0.1) is 21.2 Å². The van der Waals surface area contributed by atoms with Crippen molar-refractivity contribution in [2.75, 3.05) is 17.3 Å². The number of nitrogens with zero attached hydrogens (tertiary/aromatic N) is 3. The van der Waals surface area contributed by atoms with Crippen LogP contribution in [-0.4, -0.2) is 70.6 Å². The Labute approximate surface area is 192 Å². The van der Waals surface area contributed by atoms with E-state index in [0.29, 0.717) is 26.3 Å². The van der Waals surface area contributed by atoms with Crippen molar-refractivity contribution in [2.45, 2.75) is 20.7 Å². The predicted octanol–water partition coefficient (Wildman–Crippen LogP) is 1.18. The van der Waals surface area contributed by atoms with Crippen molar-refractivity contribution in [3.05, 3.63) is 47.4 Å². The van der Waals surface area contributed by atoms with E-state index in [1.165, 1.54) is 39.8 Å². The van der Waals surface area contributed by atoms with Crippen molar-refractivity contribution in [3.63, 3.8) is 0 Å². The number of hydrogen-bond donors (Lipinski definition) is 2. The zero-order valence-electron chi connectivity index (χ0n) is 15.8. The summed E-state index contributed by atoms with van der Waals surface area (Å²) in [6.07, 6.45) is 4.69. The Balaban J connectivity index is 1.41. The SMILES string of the molecule is O=C(CS(=O)c1cccs1)NC1C(=O)N2C(C(=O)O)=C(CSc3cnccn3)CS[C@H]12. The molecule has 2 aliphatic rings. The smallest absolute Gasteiger partial charge is 0.352 e. The van der Waals surface area contributed by atoms with Crippen molar-refractivity contribution >= 4 is 63.4 Å². The van der Waals surface area contributed by atoms with E-state index in [1.807, 2.05) is 0 Å². The number of rotatable bonds is 8. The highest BCUT2D eigenvalue weighted by Gasteiger charge is 2.54. The van der Waals surface area contributed by atoms with Crippen LogP contribution in [0.5, 0.6) is 0 Å². The van der Waals surface area contributed by atoms with E-state index in [-0.39, 0.29) is 11.4 Å². The molecule has 0 aliphatic carbocycles. The van der Waals surface area contributed by atoms with Crippen LogP contribution in [0.25, 0.3) is 0 Å². The minimum absolute atomic E-state index is 0.0437. The maximum Gasteiger partial charge on any atom is 0.352 e. The average Bonchev–Trinajstić information content (AvgIpc) is 3.31. The molecule has 3 atom stereocenters. The van der Waals surface area contributed by atoms with E-state index in [1.54, 1.807) is 36.1 Å². The van der Waals surface area contributed by atoms with Gasteiger partial charge in [-0.1, -0.05) is 6.07 Å². The van der Waals surface area contributed by atoms with Crippen LogP contribution >= 0.6 is 34.9 Å². The van der Waals surface area contributed by atoms with Crippen molar-refractivity contribution in [3.8, 4) is 0 Å². The fourth-order valence-corrected chi connectivity index (χ4v) is 7.34. The molecule has 2 aromatic heterocycles. The molecule has 0 aromatic carbocycles. The van der Waals surface area contributed by atoms with E-state index < -0.39 is 40.0 Å². The molecule has 4 heterocycles. The second kappa shape index (κ2) is 9.51. The number of carboxylic acid groups (broad SMARTS) is 1. The van der Waals surface area contributed by atoms with Gasteiger partial charge in [-0.05, 0) is 17.0 Å². The van der Waals surface area contributed by atoms with E-state index in [9.17, 15) is 23.7 Å². The molecule has 0 spiro atoms. The summed E-state index contributed by atoms with van der Waals surface area (Å²) in [5, 5.41) is 14.3. The number of amides is 2. The van der Waals surface area contributed by atoms with E-state index >= 15 is 0 Å². The van der Waals surface area contributed by atoms with Gasteiger partial charge in [0.25, 0.3) is 5.91 Å². The third kappa shape index (κ3) is 4.68. The fraction of sp³-hybridized carbons (Fsp3) is 0.278. The number of β-lactam (4-membered cyclic amide) rings is 1. The van der Waals surface area contributed by atoms with E-state index in [2.05, 4.69) is 15.3 Å². The highest BCUT2D eigenvalue weighted by molar-refractivity contribution is 8.01. The second-order valence-corrected chi connectivity index (χ2v) is 11.2. The lowest BCUT2D eigenvalue weighted by molar-refractivity contribution is -0.150. The van der Waals surface area contributed by atoms with Crippen molar-refractivity contribution in [2.24, 2.45) is 0 Å². The van der Waals surface area contributed by atoms with Crippen molar-refractivity contribution in [1.29, 1.82) is 0 Å². The van der Waals surface area contributed by atoms with Gasteiger partial charge in [-0.25, -0.2) is 9.78 Å². The number of carboxylic acids is 1. The van der Waals surface area contributed by atoms with Gasteiger partial charge >= 0.3 is 5.97 Å². The number of aliphatic carboxylic acids is 1. The molecule has 2 unspecified atom stereocenters. The summed E-state index contributed by atoms with van der Waals surface area (Å²) < 4.78 is 12.8. The molecule has 4 rings (SSSR count). The van der Waals surface area contributed by atoms with Crippen molar-refractivity contribution in [1.82, 2.24) is 20.2 Å². The molecule has 13 heteroatoms. The zero-order chi connectivity index (χ0) is 22.0. The maximum absolute atomic E-state index is 12.7. The van der Waals surface area contributed by atoms with E-state index in [4.69, 9.17) is 0 Å². The van der Waals surface area contributed by atoms with Crippen LogP contribution in [0.4, 0.5) is 0 Å². The Kier molecular flexibility index (Phi) is 6.74. The second-order valence-electron chi connectivity index (χ2n) is 6.47. The molecule has 2 N–H and O–H groups in total.